The van der Waals surface area contributed by atoms with E-state index in [0.29, 0.717) is 36.6 Å². The normalized spacial score (nSPS) is 14.1. The van der Waals surface area contributed by atoms with Gasteiger partial charge in [-0.3, -0.25) is 4.79 Å². The van der Waals surface area contributed by atoms with Crippen molar-refractivity contribution >= 4 is 29.4 Å². The Morgan fingerprint density at radius 2 is 2.14 bits per heavy atom. The molecule has 108 valence electrons. The zero-order valence-corrected chi connectivity index (χ0v) is 12.3. The van der Waals surface area contributed by atoms with Crippen molar-refractivity contribution in [3.05, 3.63) is 40.8 Å². The van der Waals surface area contributed by atoms with Gasteiger partial charge in [0, 0.05) is 6.54 Å². The van der Waals surface area contributed by atoms with Crippen molar-refractivity contribution < 1.29 is 9.53 Å². The number of rotatable bonds is 2. The van der Waals surface area contributed by atoms with Crippen LogP contribution >= 0.6 is 11.6 Å². The van der Waals surface area contributed by atoms with Crippen molar-refractivity contribution in [2.75, 3.05) is 18.1 Å². The first kappa shape index (κ1) is 13.8. The van der Waals surface area contributed by atoms with Gasteiger partial charge in [0.1, 0.15) is 22.5 Å². The third-order valence-corrected chi connectivity index (χ3v) is 3.59. The summed E-state index contributed by atoms with van der Waals surface area (Å²) in [6, 6.07) is 7.70. The topological polar surface area (TPSA) is 55.3 Å². The molecule has 0 saturated carbocycles. The molecule has 0 amide bonds. The fourth-order valence-corrected chi connectivity index (χ4v) is 2.64. The molecule has 0 spiro atoms. The lowest BCUT2D eigenvalue weighted by atomic mass is 10.2. The molecular weight excluding hydrogens is 290 g/mol. The minimum Gasteiger partial charge on any atom is -0.491 e. The first-order valence-corrected chi connectivity index (χ1v) is 7.07. The van der Waals surface area contributed by atoms with Crippen molar-refractivity contribution in [1.29, 1.82) is 0 Å². The molecule has 2 heterocycles. The molecule has 0 fully saturated rings. The third-order valence-electron chi connectivity index (χ3n) is 3.30. The van der Waals surface area contributed by atoms with Crippen LogP contribution in [-0.2, 0) is 0 Å². The SMILES string of the molecule is Cc1nc(Cl)c(C=O)c(N2CCCOc3ccccc32)n1. The van der Waals surface area contributed by atoms with E-state index < -0.39 is 0 Å². The van der Waals surface area contributed by atoms with Gasteiger partial charge in [-0.2, -0.15) is 0 Å². The van der Waals surface area contributed by atoms with E-state index in [1.54, 1.807) is 6.92 Å². The van der Waals surface area contributed by atoms with E-state index in [0.717, 1.165) is 17.9 Å². The number of hydrogen-bond donors (Lipinski definition) is 0. The predicted octanol–water partition coefficient (Wildman–Crippen LogP) is 3.17. The zero-order valence-electron chi connectivity index (χ0n) is 11.5. The van der Waals surface area contributed by atoms with Gasteiger partial charge in [-0.25, -0.2) is 9.97 Å². The molecule has 0 bridgehead atoms. The number of halogens is 1. The average Bonchev–Trinajstić information content (AvgIpc) is 2.68. The van der Waals surface area contributed by atoms with E-state index in [1.165, 1.54) is 0 Å². The molecule has 0 saturated heterocycles. The molecule has 0 aliphatic carbocycles. The van der Waals surface area contributed by atoms with Gasteiger partial charge in [0.15, 0.2) is 6.29 Å². The Labute approximate surface area is 127 Å². The highest BCUT2D eigenvalue weighted by Gasteiger charge is 2.23. The van der Waals surface area contributed by atoms with Crippen LogP contribution in [0.5, 0.6) is 5.75 Å². The number of aldehydes is 1. The molecule has 21 heavy (non-hydrogen) atoms. The molecule has 1 aromatic carbocycles. The minimum absolute atomic E-state index is 0.176. The fraction of sp³-hybridized carbons (Fsp3) is 0.267. The number of carbonyl (C=O) groups excluding carboxylic acids is 1. The zero-order chi connectivity index (χ0) is 14.8. The maximum absolute atomic E-state index is 11.4. The number of ether oxygens (including phenoxy) is 1. The number of fused-ring (bicyclic) bond motifs is 1. The highest BCUT2D eigenvalue weighted by molar-refractivity contribution is 6.32. The first-order chi connectivity index (χ1) is 10.2. The molecule has 1 aliphatic rings. The van der Waals surface area contributed by atoms with Crippen LogP contribution in [0, 0.1) is 6.92 Å². The van der Waals surface area contributed by atoms with E-state index in [-0.39, 0.29) is 5.15 Å². The van der Waals surface area contributed by atoms with E-state index in [4.69, 9.17) is 16.3 Å². The fourth-order valence-electron chi connectivity index (χ4n) is 2.39. The summed E-state index contributed by atoms with van der Waals surface area (Å²) in [5.41, 5.74) is 1.19. The molecular formula is C15H14ClN3O2. The van der Waals surface area contributed by atoms with E-state index in [2.05, 4.69) is 9.97 Å². The first-order valence-electron chi connectivity index (χ1n) is 6.69. The highest BCUT2D eigenvalue weighted by Crippen LogP contribution is 2.37. The monoisotopic (exact) mass is 303 g/mol. The van der Waals surface area contributed by atoms with Crippen LogP contribution in [0.1, 0.15) is 22.6 Å². The lowest BCUT2D eigenvalue weighted by Gasteiger charge is -2.24. The predicted molar refractivity (Wildman–Crippen MR) is 80.7 cm³/mol. The highest BCUT2D eigenvalue weighted by atomic mass is 35.5. The number of benzene rings is 1. The smallest absolute Gasteiger partial charge is 0.156 e. The van der Waals surface area contributed by atoms with Crippen LogP contribution in [-0.4, -0.2) is 29.4 Å². The lowest BCUT2D eigenvalue weighted by molar-refractivity contribution is 0.112. The number of carbonyl (C=O) groups is 1. The molecule has 6 heteroatoms. The van der Waals surface area contributed by atoms with Crippen molar-refractivity contribution in [3.8, 4) is 5.75 Å². The quantitative estimate of drug-likeness (QED) is 0.630. The second kappa shape index (κ2) is 5.69. The Hall–Kier alpha value is -2.14. The summed E-state index contributed by atoms with van der Waals surface area (Å²) >= 11 is 6.08. The minimum atomic E-state index is 0.176. The Kier molecular flexibility index (Phi) is 3.75. The van der Waals surface area contributed by atoms with Gasteiger partial charge in [-0.05, 0) is 25.5 Å². The van der Waals surface area contributed by atoms with E-state index in [1.807, 2.05) is 29.2 Å². The Morgan fingerprint density at radius 1 is 1.33 bits per heavy atom. The van der Waals surface area contributed by atoms with Crippen molar-refractivity contribution in [3.63, 3.8) is 0 Å². The van der Waals surface area contributed by atoms with Gasteiger partial charge < -0.3 is 9.64 Å². The maximum atomic E-state index is 11.4. The summed E-state index contributed by atoms with van der Waals surface area (Å²) in [5, 5.41) is 0.176. The van der Waals surface area contributed by atoms with Crippen LogP contribution in [0.2, 0.25) is 5.15 Å². The van der Waals surface area contributed by atoms with E-state index >= 15 is 0 Å². The number of nitrogens with zero attached hydrogens (tertiary/aromatic N) is 3. The van der Waals surface area contributed by atoms with Crippen LogP contribution < -0.4 is 9.64 Å². The molecule has 5 nitrogen and oxygen atoms in total. The Balaban J connectivity index is 2.18. The number of anilines is 2. The Morgan fingerprint density at radius 3 is 2.95 bits per heavy atom. The van der Waals surface area contributed by atoms with E-state index in [9.17, 15) is 4.79 Å². The van der Waals surface area contributed by atoms with Gasteiger partial charge in [0.25, 0.3) is 0 Å². The van der Waals surface area contributed by atoms with Crippen molar-refractivity contribution in [2.45, 2.75) is 13.3 Å². The maximum Gasteiger partial charge on any atom is 0.156 e. The summed E-state index contributed by atoms with van der Waals surface area (Å²) in [5.74, 6) is 1.84. The number of hydrogen-bond acceptors (Lipinski definition) is 5. The Bertz CT molecular complexity index is 691. The molecule has 1 aliphatic heterocycles. The molecule has 0 radical (unpaired) electrons. The van der Waals surface area contributed by atoms with Gasteiger partial charge >= 0.3 is 0 Å². The lowest BCUT2D eigenvalue weighted by Crippen LogP contribution is -2.21. The molecule has 1 aromatic heterocycles. The summed E-state index contributed by atoms with van der Waals surface area (Å²) in [7, 11) is 0. The van der Waals surface area contributed by atoms with Crippen molar-refractivity contribution in [2.24, 2.45) is 0 Å². The molecule has 0 N–H and O–H groups in total. The van der Waals surface area contributed by atoms with Crippen LogP contribution in [0.4, 0.5) is 11.5 Å². The standard InChI is InChI=1S/C15H14ClN3O2/c1-10-17-14(16)11(9-20)15(18-10)19-7-4-8-21-13-6-3-2-5-12(13)19/h2-3,5-6,9H,4,7-8H2,1H3. The number of aromatic nitrogens is 2. The summed E-state index contributed by atoms with van der Waals surface area (Å²) < 4.78 is 5.73. The summed E-state index contributed by atoms with van der Waals surface area (Å²) in [4.78, 5) is 21.8. The number of aryl methyl sites for hydroxylation is 1. The molecule has 0 atom stereocenters. The molecule has 0 unspecified atom stereocenters. The van der Waals surface area contributed by atoms with Crippen LogP contribution in [0.15, 0.2) is 24.3 Å². The summed E-state index contributed by atoms with van der Waals surface area (Å²) in [6.07, 6.45) is 1.53. The molecule has 3 rings (SSSR count). The largest absolute Gasteiger partial charge is 0.491 e. The summed E-state index contributed by atoms with van der Waals surface area (Å²) in [6.45, 7) is 3.08. The number of para-hydroxylation sites is 2. The average molecular weight is 304 g/mol. The van der Waals surface area contributed by atoms with Gasteiger partial charge in [-0.15, -0.1) is 0 Å². The van der Waals surface area contributed by atoms with Gasteiger partial charge in [-0.1, -0.05) is 23.7 Å². The van der Waals surface area contributed by atoms with Gasteiger partial charge in [0.2, 0.25) is 0 Å². The van der Waals surface area contributed by atoms with Crippen molar-refractivity contribution in [1.82, 2.24) is 9.97 Å². The molecule has 2 aromatic rings. The third kappa shape index (κ3) is 2.56. The van der Waals surface area contributed by atoms with Crippen LogP contribution in [0.25, 0.3) is 0 Å². The second-order valence-electron chi connectivity index (χ2n) is 4.74. The van der Waals surface area contributed by atoms with Gasteiger partial charge in [0.05, 0.1) is 17.9 Å². The van der Waals surface area contributed by atoms with Crippen LogP contribution in [0.3, 0.4) is 0 Å². The second-order valence-corrected chi connectivity index (χ2v) is 5.10.